The van der Waals surface area contributed by atoms with Crippen molar-refractivity contribution in [3.63, 3.8) is 0 Å². The molecule has 1 aromatic rings. The summed E-state index contributed by atoms with van der Waals surface area (Å²) in [6.07, 6.45) is 2.65. The maximum absolute atomic E-state index is 12.9. The predicted octanol–water partition coefficient (Wildman–Crippen LogP) is 1.41. The van der Waals surface area contributed by atoms with Gasteiger partial charge in [0.05, 0.1) is 11.4 Å². The standard InChI is InChI=1S/C10H13F2N3/c1-7-8(15-3-2-14-7)9(6-13)4-10(11,12)5-9/h2-3H,4-6,13H2,1H3. The van der Waals surface area contributed by atoms with E-state index in [2.05, 4.69) is 9.97 Å². The van der Waals surface area contributed by atoms with Crippen LogP contribution in [0.2, 0.25) is 0 Å². The van der Waals surface area contributed by atoms with E-state index in [0.717, 1.165) is 0 Å². The molecule has 0 atom stereocenters. The Kier molecular flexibility index (Phi) is 2.22. The molecule has 1 saturated carbocycles. The highest BCUT2D eigenvalue weighted by Crippen LogP contribution is 2.52. The summed E-state index contributed by atoms with van der Waals surface area (Å²) in [6, 6.07) is 0. The van der Waals surface area contributed by atoms with Crippen molar-refractivity contribution in [2.75, 3.05) is 6.54 Å². The lowest BCUT2D eigenvalue weighted by Gasteiger charge is -2.46. The second-order valence-corrected chi connectivity index (χ2v) is 4.18. The Bertz CT molecular complexity index is 371. The number of halogens is 2. The minimum Gasteiger partial charge on any atom is -0.330 e. The Balaban J connectivity index is 2.34. The van der Waals surface area contributed by atoms with Gasteiger partial charge >= 0.3 is 0 Å². The van der Waals surface area contributed by atoms with Crippen LogP contribution >= 0.6 is 0 Å². The molecule has 1 aliphatic carbocycles. The van der Waals surface area contributed by atoms with Crippen LogP contribution in [0.4, 0.5) is 8.78 Å². The van der Waals surface area contributed by atoms with Crippen LogP contribution in [0.5, 0.6) is 0 Å². The highest BCUT2D eigenvalue weighted by molar-refractivity contribution is 5.27. The fourth-order valence-electron chi connectivity index (χ4n) is 2.28. The summed E-state index contributed by atoms with van der Waals surface area (Å²) in [6.45, 7) is 1.97. The summed E-state index contributed by atoms with van der Waals surface area (Å²) >= 11 is 0. The van der Waals surface area contributed by atoms with Gasteiger partial charge in [0, 0.05) is 37.2 Å². The van der Waals surface area contributed by atoms with Crippen LogP contribution in [0.25, 0.3) is 0 Å². The quantitative estimate of drug-likeness (QED) is 0.808. The van der Waals surface area contributed by atoms with Crippen LogP contribution in [0.15, 0.2) is 12.4 Å². The van der Waals surface area contributed by atoms with Gasteiger partial charge in [0.2, 0.25) is 5.92 Å². The Morgan fingerprint density at radius 2 is 1.93 bits per heavy atom. The third kappa shape index (κ3) is 1.61. The average Bonchev–Trinajstić information content (AvgIpc) is 2.14. The summed E-state index contributed by atoms with van der Waals surface area (Å²) in [5.74, 6) is -2.59. The molecule has 0 aliphatic heterocycles. The first-order chi connectivity index (χ1) is 6.99. The summed E-state index contributed by atoms with van der Waals surface area (Å²) in [4.78, 5) is 8.19. The first kappa shape index (κ1) is 10.4. The van der Waals surface area contributed by atoms with Gasteiger partial charge in [-0.1, -0.05) is 0 Å². The van der Waals surface area contributed by atoms with Crippen molar-refractivity contribution in [2.24, 2.45) is 5.73 Å². The van der Waals surface area contributed by atoms with E-state index in [0.29, 0.717) is 11.4 Å². The molecule has 3 nitrogen and oxygen atoms in total. The smallest absolute Gasteiger partial charge is 0.250 e. The molecule has 1 fully saturated rings. The molecular formula is C10H13F2N3. The number of rotatable bonds is 2. The van der Waals surface area contributed by atoms with E-state index in [1.165, 1.54) is 6.20 Å². The molecule has 0 bridgehead atoms. The van der Waals surface area contributed by atoms with Crippen molar-refractivity contribution in [3.8, 4) is 0 Å². The summed E-state index contributed by atoms with van der Waals surface area (Å²) < 4.78 is 25.9. The topological polar surface area (TPSA) is 51.8 Å². The van der Waals surface area contributed by atoms with Gasteiger partial charge in [0.15, 0.2) is 0 Å². The van der Waals surface area contributed by atoms with Gasteiger partial charge in [0.1, 0.15) is 0 Å². The molecule has 2 N–H and O–H groups in total. The molecular weight excluding hydrogens is 200 g/mol. The van der Waals surface area contributed by atoms with Crippen LogP contribution in [-0.2, 0) is 5.41 Å². The second kappa shape index (κ2) is 3.20. The summed E-state index contributed by atoms with van der Waals surface area (Å²) in [5.41, 5.74) is 6.24. The van der Waals surface area contributed by atoms with Crippen molar-refractivity contribution in [2.45, 2.75) is 31.1 Å². The van der Waals surface area contributed by atoms with Gasteiger partial charge in [-0.05, 0) is 6.92 Å². The molecule has 0 saturated heterocycles. The fourth-order valence-corrected chi connectivity index (χ4v) is 2.28. The zero-order valence-electron chi connectivity index (χ0n) is 8.50. The van der Waals surface area contributed by atoms with E-state index in [4.69, 9.17) is 5.73 Å². The number of nitrogens with zero attached hydrogens (tertiary/aromatic N) is 2. The molecule has 1 aliphatic rings. The molecule has 0 unspecified atom stereocenters. The molecule has 5 heteroatoms. The number of alkyl halides is 2. The van der Waals surface area contributed by atoms with E-state index >= 15 is 0 Å². The largest absolute Gasteiger partial charge is 0.330 e. The Morgan fingerprint density at radius 3 is 2.40 bits per heavy atom. The number of hydrogen-bond acceptors (Lipinski definition) is 3. The molecule has 0 aromatic carbocycles. The average molecular weight is 213 g/mol. The van der Waals surface area contributed by atoms with Crippen LogP contribution < -0.4 is 5.73 Å². The van der Waals surface area contributed by atoms with E-state index < -0.39 is 11.3 Å². The van der Waals surface area contributed by atoms with Gasteiger partial charge in [-0.2, -0.15) is 0 Å². The van der Waals surface area contributed by atoms with Crippen LogP contribution in [0, 0.1) is 6.92 Å². The Hall–Kier alpha value is -1.10. The predicted molar refractivity (Wildman–Crippen MR) is 51.7 cm³/mol. The maximum atomic E-state index is 12.9. The normalized spacial score (nSPS) is 22.1. The number of nitrogens with two attached hydrogens (primary N) is 1. The van der Waals surface area contributed by atoms with Crippen LogP contribution in [-0.4, -0.2) is 22.4 Å². The fraction of sp³-hybridized carbons (Fsp3) is 0.600. The van der Waals surface area contributed by atoms with Crippen molar-refractivity contribution in [1.82, 2.24) is 9.97 Å². The lowest BCUT2D eigenvalue weighted by Crippen LogP contribution is -2.54. The zero-order valence-corrected chi connectivity index (χ0v) is 8.50. The highest BCUT2D eigenvalue weighted by atomic mass is 19.3. The van der Waals surface area contributed by atoms with E-state index in [1.807, 2.05) is 0 Å². The molecule has 82 valence electrons. The van der Waals surface area contributed by atoms with E-state index in [9.17, 15) is 8.78 Å². The summed E-state index contributed by atoms with van der Waals surface area (Å²) in [7, 11) is 0. The Morgan fingerprint density at radius 1 is 1.33 bits per heavy atom. The molecule has 1 heterocycles. The van der Waals surface area contributed by atoms with E-state index in [-0.39, 0.29) is 19.4 Å². The van der Waals surface area contributed by atoms with Crippen molar-refractivity contribution >= 4 is 0 Å². The van der Waals surface area contributed by atoms with Gasteiger partial charge < -0.3 is 5.73 Å². The lowest BCUT2D eigenvalue weighted by atomic mass is 9.63. The SMILES string of the molecule is Cc1nccnc1C1(CN)CC(F)(F)C1. The maximum Gasteiger partial charge on any atom is 0.250 e. The van der Waals surface area contributed by atoms with Gasteiger partial charge in [0.25, 0.3) is 0 Å². The second-order valence-electron chi connectivity index (χ2n) is 4.18. The molecule has 0 amide bonds. The number of aromatic nitrogens is 2. The minimum atomic E-state index is -2.59. The van der Waals surface area contributed by atoms with E-state index in [1.54, 1.807) is 13.1 Å². The van der Waals surface area contributed by atoms with Crippen LogP contribution in [0.1, 0.15) is 24.2 Å². The van der Waals surface area contributed by atoms with Gasteiger partial charge in [-0.3, -0.25) is 9.97 Å². The molecule has 15 heavy (non-hydrogen) atoms. The third-order valence-electron chi connectivity index (χ3n) is 2.97. The number of aryl methyl sites for hydroxylation is 1. The molecule has 0 radical (unpaired) electrons. The Labute approximate surface area is 86.7 Å². The monoisotopic (exact) mass is 213 g/mol. The minimum absolute atomic E-state index is 0.197. The molecule has 0 spiro atoms. The summed E-state index contributed by atoms with van der Waals surface area (Å²) in [5, 5.41) is 0. The number of hydrogen-bond donors (Lipinski definition) is 1. The van der Waals surface area contributed by atoms with Crippen molar-refractivity contribution in [3.05, 3.63) is 23.8 Å². The van der Waals surface area contributed by atoms with Crippen LogP contribution in [0.3, 0.4) is 0 Å². The van der Waals surface area contributed by atoms with Crippen molar-refractivity contribution in [1.29, 1.82) is 0 Å². The first-order valence-corrected chi connectivity index (χ1v) is 4.85. The zero-order chi connectivity index (χ0) is 11.1. The van der Waals surface area contributed by atoms with Gasteiger partial charge in [-0.15, -0.1) is 0 Å². The molecule has 1 aromatic heterocycles. The third-order valence-corrected chi connectivity index (χ3v) is 2.97. The lowest BCUT2D eigenvalue weighted by molar-refractivity contribution is -0.125. The first-order valence-electron chi connectivity index (χ1n) is 4.85. The molecule has 2 rings (SSSR count). The highest BCUT2D eigenvalue weighted by Gasteiger charge is 2.57. The van der Waals surface area contributed by atoms with Crippen molar-refractivity contribution < 1.29 is 8.78 Å². The van der Waals surface area contributed by atoms with Gasteiger partial charge in [-0.25, -0.2) is 8.78 Å².